The third-order valence-corrected chi connectivity index (χ3v) is 6.51. The average Bonchev–Trinajstić information content (AvgIpc) is 3.25. The summed E-state index contributed by atoms with van der Waals surface area (Å²) < 4.78 is 2.18. The Labute approximate surface area is 147 Å². The standard InChI is InChI=1S/C16H19N5OS2/c1-4-21-13(10-5-6-10)19-20-16(21)23-7-11-17-14(22)12-8(2)9(3)24-15(12)18-11/h10H,4-7H2,1-3H3,(H,17,18,22). The Morgan fingerprint density at radius 2 is 2.12 bits per heavy atom. The molecule has 0 aliphatic heterocycles. The lowest BCUT2D eigenvalue weighted by atomic mass is 10.2. The Balaban J connectivity index is 1.60. The van der Waals surface area contributed by atoms with E-state index in [1.54, 1.807) is 23.1 Å². The number of aromatic amines is 1. The van der Waals surface area contributed by atoms with E-state index in [-0.39, 0.29) is 5.56 Å². The predicted octanol–water partition coefficient (Wildman–Crippen LogP) is 3.38. The van der Waals surface area contributed by atoms with Crippen LogP contribution in [0.4, 0.5) is 0 Å². The first-order valence-corrected chi connectivity index (χ1v) is 9.93. The summed E-state index contributed by atoms with van der Waals surface area (Å²) in [5, 5.41) is 10.3. The van der Waals surface area contributed by atoms with E-state index >= 15 is 0 Å². The van der Waals surface area contributed by atoms with E-state index in [1.165, 1.54) is 12.8 Å². The summed E-state index contributed by atoms with van der Waals surface area (Å²) in [6, 6.07) is 0. The van der Waals surface area contributed by atoms with E-state index in [0.717, 1.165) is 38.2 Å². The number of hydrogen-bond donors (Lipinski definition) is 1. The van der Waals surface area contributed by atoms with Crippen LogP contribution in [0.1, 0.15) is 47.8 Å². The van der Waals surface area contributed by atoms with Crippen LogP contribution in [0, 0.1) is 13.8 Å². The van der Waals surface area contributed by atoms with Crippen LogP contribution in [0.2, 0.25) is 0 Å². The number of thioether (sulfide) groups is 1. The van der Waals surface area contributed by atoms with E-state index in [1.807, 2.05) is 13.8 Å². The number of aryl methyl sites for hydroxylation is 2. The predicted molar refractivity (Wildman–Crippen MR) is 96.9 cm³/mol. The van der Waals surface area contributed by atoms with Crippen LogP contribution in [0.25, 0.3) is 10.2 Å². The molecule has 3 heterocycles. The highest BCUT2D eigenvalue weighted by atomic mass is 32.2. The molecule has 0 atom stereocenters. The lowest BCUT2D eigenvalue weighted by molar-refractivity contribution is 0.643. The van der Waals surface area contributed by atoms with Crippen LogP contribution in [-0.4, -0.2) is 24.7 Å². The molecule has 4 rings (SSSR count). The molecule has 0 unspecified atom stereocenters. The first kappa shape index (κ1) is 15.8. The highest BCUT2D eigenvalue weighted by Gasteiger charge is 2.30. The fraction of sp³-hybridized carbons (Fsp3) is 0.500. The van der Waals surface area contributed by atoms with Gasteiger partial charge >= 0.3 is 0 Å². The molecule has 0 saturated heterocycles. The Morgan fingerprint density at radius 3 is 2.83 bits per heavy atom. The van der Waals surface area contributed by atoms with Gasteiger partial charge in [-0.05, 0) is 39.2 Å². The second-order valence-corrected chi connectivity index (χ2v) is 8.27. The maximum absolute atomic E-state index is 12.3. The fourth-order valence-electron chi connectivity index (χ4n) is 2.85. The van der Waals surface area contributed by atoms with E-state index in [4.69, 9.17) is 0 Å². The van der Waals surface area contributed by atoms with Crippen LogP contribution in [0.3, 0.4) is 0 Å². The molecule has 0 bridgehead atoms. The number of H-pyrrole nitrogens is 1. The van der Waals surface area contributed by atoms with Crippen molar-refractivity contribution in [3.05, 3.63) is 32.4 Å². The Bertz CT molecular complexity index is 967. The van der Waals surface area contributed by atoms with Crippen molar-refractivity contribution >= 4 is 33.3 Å². The number of nitrogens with zero attached hydrogens (tertiary/aromatic N) is 4. The molecule has 3 aromatic heterocycles. The summed E-state index contributed by atoms with van der Waals surface area (Å²) in [6.07, 6.45) is 2.43. The molecule has 6 nitrogen and oxygen atoms in total. The van der Waals surface area contributed by atoms with Gasteiger partial charge in [-0.25, -0.2) is 4.98 Å². The van der Waals surface area contributed by atoms with Crippen molar-refractivity contribution in [1.29, 1.82) is 0 Å². The van der Waals surface area contributed by atoms with E-state index in [2.05, 4.69) is 31.7 Å². The van der Waals surface area contributed by atoms with Gasteiger partial charge in [0, 0.05) is 17.3 Å². The van der Waals surface area contributed by atoms with Gasteiger partial charge in [-0.2, -0.15) is 0 Å². The second-order valence-electron chi connectivity index (χ2n) is 6.12. The van der Waals surface area contributed by atoms with E-state index < -0.39 is 0 Å². The third kappa shape index (κ3) is 2.67. The van der Waals surface area contributed by atoms with Gasteiger partial charge in [-0.1, -0.05) is 11.8 Å². The minimum Gasteiger partial charge on any atom is -0.309 e. The van der Waals surface area contributed by atoms with Crippen molar-refractivity contribution in [1.82, 2.24) is 24.7 Å². The zero-order chi connectivity index (χ0) is 16.8. The zero-order valence-electron chi connectivity index (χ0n) is 13.9. The van der Waals surface area contributed by atoms with Gasteiger partial charge < -0.3 is 9.55 Å². The Hall–Kier alpha value is -1.67. The highest BCUT2D eigenvalue weighted by Crippen LogP contribution is 2.40. The van der Waals surface area contributed by atoms with Crippen LogP contribution in [-0.2, 0) is 12.3 Å². The van der Waals surface area contributed by atoms with E-state index in [9.17, 15) is 4.79 Å². The van der Waals surface area contributed by atoms with Gasteiger partial charge in [0.15, 0.2) is 5.16 Å². The first-order valence-electron chi connectivity index (χ1n) is 8.13. The topological polar surface area (TPSA) is 76.5 Å². The van der Waals surface area contributed by atoms with Crippen molar-refractivity contribution in [3.8, 4) is 0 Å². The van der Waals surface area contributed by atoms with Gasteiger partial charge in [0.2, 0.25) is 0 Å². The smallest absolute Gasteiger partial charge is 0.259 e. The van der Waals surface area contributed by atoms with Gasteiger partial charge in [-0.15, -0.1) is 21.5 Å². The molecule has 1 aliphatic carbocycles. The molecule has 3 aromatic rings. The van der Waals surface area contributed by atoms with Gasteiger partial charge in [-0.3, -0.25) is 4.79 Å². The summed E-state index contributed by atoms with van der Waals surface area (Å²) in [4.78, 5) is 21.8. The number of thiophene rings is 1. The number of aromatic nitrogens is 5. The molecule has 0 radical (unpaired) electrons. The first-order chi connectivity index (χ1) is 11.6. The molecule has 1 saturated carbocycles. The molecular formula is C16H19N5OS2. The molecule has 0 amide bonds. The second kappa shape index (κ2) is 6.00. The fourth-order valence-corrected chi connectivity index (χ4v) is 4.78. The lowest BCUT2D eigenvalue weighted by Gasteiger charge is -2.06. The zero-order valence-corrected chi connectivity index (χ0v) is 15.6. The highest BCUT2D eigenvalue weighted by molar-refractivity contribution is 7.98. The SMILES string of the molecule is CCn1c(SCc2nc3sc(C)c(C)c3c(=O)[nH]2)nnc1C1CC1. The average molecular weight is 361 g/mol. The van der Waals surface area contributed by atoms with Gasteiger partial charge in [0.1, 0.15) is 16.5 Å². The molecule has 0 spiro atoms. The molecule has 1 N–H and O–H groups in total. The number of nitrogens with one attached hydrogen (secondary N) is 1. The van der Waals surface area contributed by atoms with Crippen LogP contribution in [0.5, 0.6) is 0 Å². The molecule has 8 heteroatoms. The summed E-state index contributed by atoms with van der Waals surface area (Å²) >= 11 is 3.16. The van der Waals surface area contributed by atoms with Crippen LogP contribution in [0.15, 0.2) is 9.95 Å². The van der Waals surface area contributed by atoms with E-state index in [0.29, 0.717) is 17.5 Å². The van der Waals surface area contributed by atoms with Crippen molar-refractivity contribution < 1.29 is 0 Å². The molecule has 0 aromatic carbocycles. The lowest BCUT2D eigenvalue weighted by Crippen LogP contribution is -2.11. The maximum atomic E-state index is 12.3. The number of rotatable bonds is 5. The van der Waals surface area contributed by atoms with Gasteiger partial charge in [0.25, 0.3) is 5.56 Å². The van der Waals surface area contributed by atoms with Crippen molar-refractivity contribution in [2.24, 2.45) is 0 Å². The van der Waals surface area contributed by atoms with Crippen LogP contribution < -0.4 is 5.56 Å². The normalized spacial score (nSPS) is 14.6. The summed E-state index contributed by atoms with van der Waals surface area (Å²) in [5.74, 6) is 2.96. The van der Waals surface area contributed by atoms with Gasteiger partial charge in [0.05, 0.1) is 11.1 Å². The minimum atomic E-state index is -0.0481. The summed E-state index contributed by atoms with van der Waals surface area (Å²) in [7, 11) is 0. The monoisotopic (exact) mass is 361 g/mol. The van der Waals surface area contributed by atoms with Crippen LogP contribution >= 0.6 is 23.1 Å². The van der Waals surface area contributed by atoms with Crippen molar-refractivity contribution in [2.45, 2.75) is 57.0 Å². The largest absolute Gasteiger partial charge is 0.309 e. The molecular weight excluding hydrogens is 342 g/mol. The molecule has 1 aliphatic rings. The molecule has 1 fully saturated rings. The third-order valence-electron chi connectivity index (χ3n) is 4.43. The molecule has 126 valence electrons. The Morgan fingerprint density at radius 1 is 1.33 bits per heavy atom. The Kier molecular flexibility index (Phi) is 3.96. The quantitative estimate of drug-likeness (QED) is 0.705. The maximum Gasteiger partial charge on any atom is 0.259 e. The molecule has 24 heavy (non-hydrogen) atoms. The summed E-state index contributed by atoms with van der Waals surface area (Å²) in [6.45, 7) is 6.98. The number of fused-ring (bicyclic) bond motifs is 1. The summed E-state index contributed by atoms with van der Waals surface area (Å²) in [5.41, 5.74) is 0.982. The number of hydrogen-bond acceptors (Lipinski definition) is 6. The van der Waals surface area contributed by atoms with Crippen molar-refractivity contribution in [2.75, 3.05) is 0 Å². The minimum absolute atomic E-state index is 0.0481. The van der Waals surface area contributed by atoms with Crippen molar-refractivity contribution in [3.63, 3.8) is 0 Å².